The van der Waals surface area contributed by atoms with Gasteiger partial charge in [-0.2, -0.15) is 0 Å². The number of imidazole rings is 1. The molecule has 5 nitrogen and oxygen atoms in total. The lowest BCUT2D eigenvalue weighted by molar-refractivity contribution is 0.0986. The molecule has 0 aliphatic rings. The van der Waals surface area contributed by atoms with Gasteiger partial charge in [-0.1, -0.05) is 29.8 Å². The first kappa shape index (κ1) is 14.3. The molecule has 1 aromatic carbocycles. The zero-order valence-corrected chi connectivity index (χ0v) is 11.7. The lowest BCUT2D eigenvalue weighted by Crippen LogP contribution is -2.20. The highest BCUT2D eigenvalue weighted by molar-refractivity contribution is 5.89. The SMILES string of the molecule is Cc1cccc(CNCCCn2ccnc2C(N)=O)c1. The number of nitrogens with two attached hydrogens (primary N) is 1. The first-order valence-corrected chi connectivity index (χ1v) is 6.74. The third-order valence-corrected chi connectivity index (χ3v) is 3.10. The molecule has 1 heterocycles. The molecule has 1 aromatic heterocycles. The fraction of sp³-hybridized carbons (Fsp3) is 0.333. The summed E-state index contributed by atoms with van der Waals surface area (Å²) in [6.45, 7) is 4.56. The Bertz CT molecular complexity index is 577. The number of nitrogens with zero attached hydrogens (tertiary/aromatic N) is 2. The van der Waals surface area contributed by atoms with Gasteiger partial charge in [0.2, 0.25) is 0 Å². The number of aryl methyl sites for hydroxylation is 2. The Morgan fingerprint density at radius 3 is 3.05 bits per heavy atom. The number of hydrogen-bond acceptors (Lipinski definition) is 3. The first-order valence-electron chi connectivity index (χ1n) is 6.74. The van der Waals surface area contributed by atoms with Crippen molar-refractivity contribution in [1.82, 2.24) is 14.9 Å². The molecule has 0 aliphatic heterocycles. The van der Waals surface area contributed by atoms with Crippen LogP contribution in [0.5, 0.6) is 0 Å². The van der Waals surface area contributed by atoms with E-state index in [-0.39, 0.29) is 0 Å². The van der Waals surface area contributed by atoms with E-state index in [1.165, 1.54) is 11.1 Å². The predicted octanol–water partition coefficient (Wildman–Crippen LogP) is 1.47. The van der Waals surface area contributed by atoms with E-state index in [0.717, 1.165) is 26.1 Å². The number of benzene rings is 1. The lowest BCUT2D eigenvalue weighted by Gasteiger charge is -2.07. The van der Waals surface area contributed by atoms with Gasteiger partial charge >= 0.3 is 0 Å². The summed E-state index contributed by atoms with van der Waals surface area (Å²) in [4.78, 5) is 15.1. The van der Waals surface area contributed by atoms with E-state index in [1.54, 1.807) is 17.0 Å². The highest BCUT2D eigenvalue weighted by Crippen LogP contribution is 2.03. The van der Waals surface area contributed by atoms with E-state index in [1.807, 2.05) is 0 Å². The van der Waals surface area contributed by atoms with E-state index in [0.29, 0.717) is 5.82 Å². The van der Waals surface area contributed by atoms with Crippen LogP contribution in [0.15, 0.2) is 36.7 Å². The van der Waals surface area contributed by atoms with Gasteiger partial charge in [-0.25, -0.2) is 4.98 Å². The van der Waals surface area contributed by atoms with E-state index >= 15 is 0 Å². The molecule has 5 heteroatoms. The first-order chi connectivity index (χ1) is 9.66. The van der Waals surface area contributed by atoms with Gasteiger partial charge in [-0.05, 0) is 25.5 Å². The molecule has 3 N–H and O–H groups in total. The van der Waals surface area contributed by atoms with Gasteiger partial charge in [-0.3, -0.25) is 4.79 Å². The number of amides is 1. The lowest BCUT2D eigenvalue weighted by atomic mass is 10.1. The molecule has 106 valence electrons. The van der Waals surface area contributed by atoms with Crippen molar-refractivity contribution in [2.24, 2.45) is 5.73 Å². The van der Waals surface area contributed by atoms with Gasteiger partial charge in [0.15, 0.2) is 5.82 Å². The van der Waals surface area contributed by atoms with E-state index in [2.05, 4.69) is 41.5 Å². The second kappa shape index (κ2) is 6.86. The van der Waals surface area contributed by atoms with Gasteiger partial charge in [0.25, 0.3) is 5.91 Å². The monoisotopic (exact) mass is 272 g/mol. The smallest absolute Gasteiger partial charge is 0.284 e. The van der Waals surface area contributed by atoms with Crippen LogP contribution in [0.2, 0.25) is 0 Å². The molecule has 0 radical (unpaired) electrons. The third kappa shape index (κ3) is 3.93. The topological polar surface area (TPSA) is 72.9 Å². The minimum atomic E-state index is -0.484. The largest absolute Gasteiger partial charge is 0.363 e. The molecule has 0 bridgehead atoms. The van der Waals surface area contributed by atoms with Crippen molar-refractivity contribution in [2.45, 2.75) is 26.4 Å². The molecule has 0 unspecified atom stereocenters. The van der Waals surface area contributed by atoms with Gasteiger partial charge in [0.05, 0.1) is 0 Å². The van der Waals surface area contributed by atoms with Crippen molar-refractivity contribution in [2.75, 3.05) is 6.54 Å². The summed E-state index contributed by atoms with van der Waals surface area (Å²) >= 11 is 0. The highest BCUT2D eigenvalue weighted by atomic mass is 16.1. The van der Waals surface area contributed by atoms with Crippen LogP contribution in [0, 0.1) is 6.92 Å². The summed E-state index contributed by atoms with van der Waals surface area (Å²) in [5.41, 5.74) is 7.80. The summed E-state index contributed by atoms with van der Waals surface area (Å²) in [6, 6.07) is 8.44. The molecule has 2 aromatic rings. The van der Waals surface area contributed by atoms with Gasteiger partial charge in [-0.15, -0.1) is 0 Å². The van der Waals surface area contributed by atoms with Crippen LogP contribution < -0.4 is 11.1 Å². The normalized spacial score (nSPS) is 10.7. The maximum atomic E-state index is 11.1. The summed E-state index contributed by atoms with van der Waals surface area (Å²) in [5, 5.41) is 3.39. The molecule has 2 rings (SSSR count). The second-order valence-corrected chi connectivity index (χ2v) is 4.83. The van der Waals surface area contributed by atoms with Crippen LogP contribution in [0.25, 0.3) is 0 Å². The fourth-order valence-corrected chi connectivity index (χ4v) is 2.14. The molecule has 20 heavy (non-hydrogen) atoms. The van der Waals surface area contributed by atoms with E-state index < -0.39 is 5.91 Å². The Balaban J connectivity index is 1.72. The van der Waals surface area contributed by atoms with Crippen molar-refractivity contribution >= 4 is 5.91 Å². The Labute approximate surface area is 118 Å². The molecular formula is C15H20N4O. The van der Waals surface area contributed by atoms with Crippen molar-refractivity contribution in [3.05, 3.63) is 53.6 Å². The van der Waals surface area contributed by atoms with E-state index in [4.69, 9.17) is 5.73 Å². The zero-order chi connectivity index (χ0) is 14.4. The van der Waals surface area contributed by atoms with Crippen LogP contribution in [0.3, 0.4) is 0 Å². The Hall–Kier alpha value is -2.14. The van der Waals surface area contributed by atoms with Gasteiger partial charge in [0.1, 0.15) is 0 Å². The highest BCUT2D eigenvalue weighted by Gasteiger charge is 2.07. The van der Waals surface area contributed by atoms with Crippen LogP contribution in [-0.2, 0) is 13.1 Å². The van der Waals surface area contributed by atoms with E-state index in [9.17, 15) is 4.79 Å². The third-order valence-electron chi connectivity index (χ3n) is 3.10. The number of hydrogen-bond donors (Lipinski definition) is 2. The summed E-state index contributed by atoms with van der Waals surface area (Å²) in [7, 11) is 0. The summed E-state index contributed by atoms with van der Waals surface area (Å²) in [5.74, 6) is -0.161. The average molecular weight is 272 g/mol. The zero-order valence-electron chi connectivity index (χ0n) is 11.7. The number of nitrogens with one attached hydrogen (secondary N) is 1. The number of rotatable bonds is 7. The van der Waals surface area contributed by atoms with Crippen molar-refractivity contribution in [3.8, 4) is 0 Å². The molecular weight excluding hydrogens is 252 g/mol. The maximum Gasteiger partial charge on any atom is 0.284 e. The fourth-order valence-electron chi connectivity index (χ4n) is 2.14. The van der Waals surface area contributed by atoms with Gasteiger partial charge < -0.3 is 15.6 Å². The van der Waals surface area contributed by atoms with Crippen LogP contribution in [0.4, 0.5) is 0 Å². The van der Waals surface area contributed by atoms with Crippen molar-refractivity contribution < 1.29 is 4.79 Å². The second-order valence-electron chi connectivity index (χ2n) is 4.83. The number of aromatic nitrogens is 2. The number of carbonyl (C=O) groups is 1. The average Bonchev–Trinajstić information content (AvgIpc) is 2.87. The Kier molecular flexibility index (Phi) is 4.90. The molecule has 0 fully saturated rings. The molecule has 0 saturated carbocycles. The Morgan fingerprint density at radius 1 is 1.45 bits per heavy atom. The van der Waals surface area contributed by atoms with Crippen LogP contribution in [-0.4, -0.2) is 22.0 Å². The van der Waals surface area contributed by atoms with Crippen LogP contribution in [0.1, 0.15) is 28.2 Å². The van der Waals surface area contributed by atoms with Crippen LogP contribution >= 0.6 is 0 Å². The molecule has 0 saturated heterocycles. The number of primary amides is 1. The number of carbonyl (C=O) groups excluding carboxylic acids is 1. The molecule has 0 spiro atoms. The van der Waals surface area contributed by atoms with Crippen molar-refractivity contribution in [1.29, 1.82) is 0 Å². The predicted molar refractivity (Wildman–Crippen MR) is 78.2 cm³/mol. The van der Waals surface area contributed by atoms with Gasteiger partial charge in [0, 0.05) is 25.5 Å². The maximum absolute atomic E-state index is 11.1. The Morgan fingerprint density at radius 2 is 2.30 bits per heavy atom. The molecule has 1 amide bonds. The minimum Gasteiger partial charge on any atom is -0.363 e. The minimum absolute atomic E-state index is 0.323. The molecule has 0 aliphatic carbocycles. The van der Waals surface area contributed by atoms with Crippen molar-refractivity contribution in [3.63, 3.8) is 0 Å². The summed E-state index contributed by atoms with van der Waals surface area (Å²) < 4.78 is 1.79. The summed E-state index contributed by atoms with van der Waals surface area (Å²) in [6.07, 6.45) is 4.30. The molecule has 0 atom stereocenters. The standard InChI is InChI=1S/C15H20N4O/c1-12-4-2-5-13(10-12)11-17-6-3-8-19-9-7-18-15(19)14(16)20/h2,4-5,7,9-10,17H,3,6,8,11H2,1H3,(H2,16,20). The quantitative estimate of drug-likeness (QED) is 0.750.